The lowest BCUT2D eigenvalue weighted by molar-refractivity contribution is 1.32. The number of aromatic nitrogens is 1. The Bertz CT molecular complexity index is 511. The maximum Gasteiger partial charge on any atom is 0.0739 e. The molecule has 0 aliphatic carbocycles. The van der Waals surface area contributed by atoms with Crippen LogP contribution < -0.4 is 11.1 Å². The number of rotatable bonds is 2. The molecule has 3 N–H and O–H groups in total. The number of nitrogen functional groups attached to an aromatic ring is 1. The molecule has 1 aromatic carbocycles. The summed E-state index contributed by atoms with van der Waals surface area (Å²) in [6.45, 7) is 2.05. The summed E-state index contributed by atoms with van der Waals surface area (Å²) in [5, 5.41) is 3.26. The van der Waals surface area contributed by atoms with E-state index in [0.717, 1.165) is 15.8 Å². The molecule has 0 saturated carbocycles. The fourth-order valence-electron chi connectivity index (χ4n) is 1.39. The van der Waals surface area contributed by atoms with Crippen molar-refractivity contribution in [2.45, 2.75) is 6.92 Å². The van der Waals surface area contributed by atoms with E-state index in [0.29, 0.717) is 5.69 Å². The van der Waals surface area contributed by atoms with Gasteiger partial charge in [0.15, 0.2) is 0 Å². The molecule has 3 nitrogen and oxygen atoms in total. The van der Waals surface area contributed by atoms with Gasteiger partial charge < -0.3 is 11.1 Å². The van der Waals surface area contributed by atoms with E-state index in [4.69, 9.17) is 5.73 Å². The maximum atomic E-state index is 5.81. The largest absolute Gasteiger partial charge is 0.396 e. The Hall–Kier alpha value is -1.55. The van der Waals surface area contributed by atoms with E-state index in [1.807, 2.05) is 18.2 Å². The summed E-state index contributed by atoms with van der Waals surface area (Å²) in [5.74, 6) is 0. The van der Waals surface area contributed by atoms with Crippen molar-refractivity contribution in [3.63, 3.8) is 0 Å². The summed E-state index contributed by atoms with van der Waals surface area (Å²) < 4.78 is 1.02. The molecule has 1 aromatic heterocycles. The number of nitrogens with two attached hydrogens (primary N) is 1. The van der Waals surface area contributed by atoms with Crippen LogP contribution in [0.1, 0.15) is 5.56 Å². The van der Waals surface area contributed by atoms with Gasteiger partial charge in [0, 0.05) is 10.7 Å². The first-order chi connectivity index (χ1) is 7.66. The Labute approximate surface area is 103 Å². The Morgan fingerprint density at radius 2 is 2.06 bits per heavy atom. The number of anilines is 3. The molecule has 2 rings (SSSR count). The van der Waals surface area contributed by atoms with E-state index in [2.05, 4.69) is 39.2 Å². The molecule has 1 heterocycles. The molecule has 2 aromatic rings. The average molecular weight is 278 g/mol. The highest BCUT2D eigenvalue weighted by Crippen LogP contribution is 2.28. The van der Waals surface area contributed by atoms with Gasteiger partial charge in [0.2, 0.25) is 0 Å². The molecule has 4 heteroatoms. The molecule has 16 heavy (non-hydrogen) atoms. The highest BCUT2D eigenvalue weighted by Gasteiger charge is 2.02. The molecule has 0 aliphatic rings. The SMILES string of the molecule is Cc1ccc(Nc2ccncc2N)c(Br)c1. The molecule has 0 amide bonds. The predicted octanol–water partition coefficient (Wildman–Crippen LogP) is 3.48. The highest BCUT2D eigenvalue weighted by molar-refractivity contribution is 9.10. The summed E-state index contributed by atoms with van der Waals surface area (Å²) in [5.41, 5.74) is 9.50. The van der Waals surface area contributed by atoms with Gasteiger partial charge in [-0.25, -0.2) is 0 Å². The molecule has 0 atom stereocenters. The first-order valence-electron chi connectivity index (χ1n) is 4.89. The molecule has 0 saturated heterocycles. The highest BCUT2D eigenvalue weighted by atomic mass is 79.9. The molecule has 0 radical (unpaired) electrons. The minimum atomic E-state index is 0.634. The van der Waals surface area contributed by atoms with Crippen molar-refractivity contribution in [2.24, 2.45) is 0 Å². The topological polar surface area (TPSA) is 50.9 Å². The molecule has 0 aliphatic heterocycles. The standard InChI is InChI=1S/C12H12BrN3/c1-8-2-3-11(9(13)6-8)16-12-4-5-15-7-10(12)14/h2-7H,14H2,1H3,(H,15,16). The van der Waals surface area contributed by atoms with Crippen LogP contribution in [-0.4, -0.2) is 4.98 Å². The van der Waals surface area contributed by atoms with E-state index >= 15 is 0 Å². The van der Waals surface area contributed by atoms with Gasteiger partial charge in [-0.05, 0) is 46.6 Å². The Balaban J connectivity index is 2.31. The summed E-state index contributed by atoms with van der Waals surface area (Å²) in [6, 6.07) is 7.96. The normalized spacial score (nSPS) is 10.1. The Kier molecular flexibility index (Phi) is 3.10. The van der Waals surface area contributed by atoms with Gasteiger partial charge in [-0.2, -0.15) is 0 Å². The van der Waals surface area contributed by atoms with E-state index in [1.54, 1.807) is 12.4 Å². The molecule has 0 bridgehead atoms. The second-order valence-electron chi connectivity index (χ2n) is 3.57. The Morgan fingerprint density at radius 3 is 2.75 bits per heavy atom. The van der Waals surface area contributed by atoms with Crippen LogP contribution in [0.4, 0.5) is 17.1 Å². The van der Waals surface area contributed by atoms with Gasteiger partial charge in [-0.1, -0.05) is 6.07 Å². The molecular weight excluding hydrogens is 266 g/mol. The number of halogens is 1. The first kappa shape index (κ1) is 11.0. The van der Waals surface area contributed by atoms with Crippen molar-refractivity contribution in [1.82, 2.24) is 4.98 Å². The third-order valence-corrected chi connectivity index (χ3v) is 2.90. The number of hydrogen-bond acceptors (Lipinski definition) is 3. The number of pyridine rings is 1. The van der Waals surface area contributed by atoms with Crippen LogP contribution in [0.25, 0.3) is 0 Å². The van der Waals surface area contributed by atoms with Gasteiger partial charge in [-0.3, -0.25) is 4.98 Å². The lowest BCUT2D eigenvalue weighted by Crippen LogP contribution is -1.97. The lowest BCUT2D eigenvalue weighted by atomic mass is 10.2. The third-order valence-electron chi connectivity index (χ3n) is 2.25. The van der Waals surface area contributed by atoms with Crippen LogP contribution in [0.3, 0.4) is 0 Å². The zero-order valence-electron chi connectivity index (χ0n) is 8.87. The fraction of sp³-hybridized carbons (Fsp3) is 0.0833. The third kappa shape index (κ3) is 2.33. The molecular formula is C12H12BrN3. The van der Waals surface area contributed by atoms with Crippen LogP contribution in [-0.2, 0) is 0 Å². The molecule has 0 unspecified atom stereocenters. The second-order valence-corrected chi connectivity index (χ2v) is 4.43. The first-order valence-corrected chi connectivity index (χ1v) is 5.69. The van der Waals surface area contributed by atoms with Crippen LogP contribution in [0.5, 0.6) is 0 Å². The molecule has 0 spiro atoms. The predicted molar refractivity (Wildman–Crippen MR) is 70.8 cm³/mol. The van der Waals surface area contributed by atoms with Gasteiger partial charge in [0.25, 0.3) is 0 Å². The fourth-order valence-corrected chi connectivity index (χ4v) is 1.98. The summed E-state index contributed by atoms with van der Waals surface area (Å²) >= 11 is 3.51. The Morgan fingerprint density at radius 1 is 1.25 bits per heavy atom. The van der Waals surface area contributed by atoms with Crippen LogP contribution in [0, 0.1) is 6.92 Å². The van der Waals surface area contributed by atoms with Gasteiger partial charge in [0.05, 0.1) is 23.3 Å². The van der Waals surface area contributed by atoms with Crippen molar-refractivity contribution in [2.75, 3.05) is 11.1 Å². The van der Waals surface area contributed by atoms with Crippen molar-refractivity contribution >= 4 is 33.0 Å². The zero-order chi connectivity index (χ0) is 11.5. The van der Waals surface area contributed by atoms with Gasteiger partial charge in [-0.15, -0.1) is 0 Å². The maximum absolute atomic E-state index is 5.81. The number of nitrogens with zero attached hydrogens (tertiary/aromatic N) is 1. The smallest absolute Gasteiger partial charge is 0.0739 e. The summed E-state index contributed by atoms with van der Waals surface area (Å²) in [4.78, 5) is 3.95. The van der Waals surface area contributed by atoms with Gasteiger partial charge in [0.1, 0.15) is 0 Å². The van der Waals surface area contributed by atoms with Crippen molar-refractivity contribution in [3.8, 4) is 0 Å². The van der Waals surface area contributed by atoms with Crippen molar-refractivity contribution in [3.05, 3.63) is 46.7 Å². The number of aryl methyl sites for hydroxylation is 1. The zero-order valence-corrected chi connectivity index (χ0v) is 10.5. The lowest BCUT2D eigenvalue weighted by Gasteiger charge is -2.10. The minimum absolute atomic E-state index is 0.634. The molecule has 0 fully saturated rings. The van der Waals surface area contributed by atoms with Crippen LogP contribution >= 0.6 is 15.9 Å². The van der Waals surface area contributed by atoms with Crippen molar-refractivity contribution < 1.29 is 0 Å². The van der Waals surface area contributed by atoms with Crippen LogP contribution in [0.2, 0.25) is 0 Å². The van der Waals surface area contributed by atoms with E-state index in [-0.39, 0.29) is 0 Å². The number of nitrogens with one attached hydrogen (secondary N) is 1. The van der Waals surface area contributed by atoms with Crippen molar-refractivity contribution in [1.29, 1.82) is 0 Å². The average Bonchev–Trinajstić information content (AvgIpc) is 2.25. The van der Waals surface area contributed by atoms with E-state index in [1.165, 1.54) is 5.56 Å². The summed E-state index contributed by atoms with van der Waals surface area (Å²) in [7, 11) is 0. The van der Waals surface area contributed by atoms with E-state index in [9.17, 15) is 0 Å². The van der Waals surface area contributed by atoms with E-state index < -0.39 is 0 Å². The number of hydrogen-bond donors (Lipinski definition) is 2. The van der Waals surface area contributed by atoms with Gasteiger partial charge >= 0.3 is 0 Å². The quantitative estimate of drug-likeness (QED) is 0.884. The monoisotopic (exact) mass is 277 g/mol. The molecule has 82 valence electrons. The van der Waals surface area contributed by atoms with Crippen LogP contribution in [0.15, 0.2) is 41.1 Å². The summed E-state index contributed by atoms with van der Waals surface area (Å²) in [6.07, 6.45) is 3.34. The minimum Gasteiger partial charge on any atom is -0.396 e. The second kappa shape index (κ2) is 4.53. The number of benzene rings is 1.